The van der Waals surface area contributed by atoms with Gasteiger partial charge in [-0.3, -0.25) is 5.41 Å². The second-order valence-corrected chi connectivity index (χ2v) is 3.21. The molecule has 0 aromatic heterocycles. The molecule has 0 bridgehead atoms. The molecule has 0 unspecified atom stereocenters. The average Bonchev–Trinajstić information content (AvgIpc) is 2.85. The van der Waals surface area contributed by atoms with Crippen LogP contribution in [0.1, 0.15) is 11.1 Å². The lowest BCUT2D eigenvalue weighted by atomic mass is 10.1. The third-order valence-electron chi connectivity index (χ3n) is 2.05. The van der Waals surface area contributed by atoms with E-state index < -0.39 is 0 Å². The lowest BCUT2D eigenvalue weighted by Crippen LogP contribution is -2.10. The number of nitrogens with one attached hydrogen (secondary N) is 1. The van der Waals surface area contributed by atoms with E-state index in [1.165, 1.54) is 5.56 Å². The van der Waals surface area contributed by atoms with Crippen molar-refractivity contribution in [2.24, 2.45) is 0 Å². The van der Waals surface area contributed by atoms with Crippen LogP contribution >= 0.6 is 0 Å². The Morgan fingerprint density at radius 2 is 2.17 bits per heavy atom. The van der Waals surface area contributed by atoms with Crippen LogP contribution < -0.4 is 0 Å². The van der Waals surface area contributed by atoms with Gasteiger partial charge in [-0.05, 0) is 13.0 Å². The fourth-order valence-electron chi connectivity index (χ4n) is 1.25. The zero-order valence-corrected chi connectivity index (χ0v) is 7.17. The predicted molar refractivity (Wildman–Crippen MR) is 49.6 cm³/mol. The van der Waals surface area contributed by atoms with Gasteiger partial charge in [0.25, 0.3) is 0 Å². The Bertz CT molecular complexity index is 313. The molecule has 1 fully saturated rings. The lowest BCUT2D eigenvalue weighted by molar-refractivity contribution is 0.836. The van der Waals surface area contributed by atoms with Crippen LogP contribution in [0.3, 0.4) is 0 Å². The van der Waals surface area contributed by atoms with E-state index >= 15 is 0 Å². The first-order valence-electron chi connectivity index (χ1n) is 4.18. The summed E-state index contributed by atoms with van der Waals surface area (Å²) in [5, 5.41) is 7.77. The van der Waals surface area contributed by atoms with Gasteiger partial charge in [0.15, 0.2) is 0 Å². The third-order valence-corrected chi connectivity index (χ3v) is 2.05. The maximum atomic E-state index is 7.77. The lowest BCUT2D eigenvalue weighted by Gasteiger charge is -2.04. The largest absolute Gasteiger partial charge is 0.353 e. The normalized spacial score (nSPS) is 14.6. The number of nitrogens with zero attached hydrogens (tertiary/aromatic N) is 1. The van der Waals surface area contributed by atoms with Gasteiger partial charge in [0, 0.05) is 18.7 Å². The fourth-order valence-corrected chi connectivity index (χ4v) is 1.25. The topological polar surface area (TPSA) is 26.9 Å². The highest BCUT2D eigenvalue weighted by Crippen LogP contribution is 2.12. The molecule has 0 amide bonds. The van der Waals surface area contributed by atoms with Crippen molar-refractivity contribution in [1.82, 2.24) is 4.90 Å². The van der Waals surface area contributed by atoms with E-state index in [9.17, 15) is 0 Å². The van der Waals surface area contributed by atoms with E-state index in [1.54, 1.807) is 0 Å². The smallest absolute Gasteiger partial charge is 0.128 e. The van der Waals surface area contributed by atoms with Crippen LogP contribution in [0.5, 0.6) is 0 Å². The summed E-state index contributed by atoms with van der Waals surface area (Å²) >= 11 is 0. The molecule has 0 atom stereocenters. The van der Waals surface area contributed by atoms with Crippen molar-refractivity contribution in [3.63, 3.8) is 0 Å². The summed E-state index contributed by atoms with van der Waals surface area (Å²) in [6, 6.07) is 8.11. The minimum atomic E-state index is 0.665. The third kappa shape index (κ3) is 1.33. The van der Waals surface area contributed by atoms with Crippen molar-refractivity contribution in [3.8, 4) is 0 Å². The van der Waals surface area contributed by atoms with Gasteiger partial charge >= 0.3 is 0 Å². The molecule has 2 rings (SSSR count). The summed E-state index contributed by atoms with van der Waals surface area (Å²) in [6.07, 6.45) is 0. The standard InChI is InChI=1S/C10H12N2/c1-8-3-2-4-9(7-8)10(11)12-5-6-12/h2-4,7,11H,5-6H2,1H3. The average molecular weight is 160 g/mol. The number of hydrogen-bond acceptors (Lipinski definition) is 1. The highest BCUT2D eigenvalue weighted by atomic mass is 15.3. The summed E-state index contributed by atoms with van der Waals surface area (Å²) in [4.78, 5) is 2.05. The molecule has 2 nitrogen and oxygen atoms in total. The second kappa shape index (κ2) is 2.63. The Balaban J connectivity index is 2.26. The summed E-state index contributed by atoms with van der Waals surface area (Å²) in [5.74, 6) is 0.665. The van der Waals surface area contributed by atoms with Crippen molar-refractivity contribution in [3.05, 3.63) is 35.4 Å². The van der Waals surface area contributed by atoms with Crippen LogP contribution in [-0.4, -0.2) is 23.8 Å². The van der Waals surface area contributed by atoms with Gasteiger partial charge in [-0.25, -0.2) is 0 Å². The van der Waals surface area contributed by atoms with Crippen molar-refractivity contribution < 1.29 is 0 Å². The molecular weight excluding hydrogens is 148 g/mol. The molecule has 0 radical (unpaired) electrons. The zero-order valence-electron chi connectivity index (χ0n) is 7.17. The summed E-state index contributed by atoms with van der Waals surface area (Å²) in [5.41, 5.74) is 2.26. The molecule has 1 saturated heterocycles. The van der Waals surface area contributed by atoms with E-state index in [0.29, 0.717) is 5.84 Å². The maximum absolute atomic E-state index is 7.77. The summed E-state index contributed by atoms with van der Waals surface area (Å²) in [6.45, 7) is 4.15. The van der Waals surface area contributed by atoms with Crippen LogP contribution in [-0.2, 0) is 0 Å². The van der Waals surface area contributed by atoms with Crippen molar-refractivity contribution in [1.29, 1.82) is 5.41 Å². The van der Waals surface area contributed by atoms with Crippen LogP contribution in [0.15, 0.2) is 24.3 Å². The monoisotopic (exact) mass is 160 g/mol. The molecule has 2 heteroatoms. The van der Waals surface area contributed by atoms with Gasteiger partial charge in [-0.15, -0.1) is 0 Å². The SMILES string of the molecule is Cc1cccc(C(=N)N2CC2)c1. The van der Waals surface area contributed by atoms with E-state index in [-0.39, 0.29) is 0 Å². The molecule has 1 aliphatic rings. The van der Waals surface area contributed by atoms with E-state index in [4.69, 9.17) is 5.41 Å². The Morgan fingerprint density at radius 1 is 1.42 bits per heavy atom. The van der Waals surface area contributed by atoms with Crippen LogP contribution in [0.25, 0.3) is 0 Å². The molecule has 1 aromatic rings. The van der Waals surface area contributed by atoms with Gasteiger partial charge < -0.3 is 4.90 Å². The highest BCUT2D eigenvalue weighted by Gasteiger charge is 2.21. The number of amidine groups is 1. The van der Waals surface area contributed by atoms with Crippen molar-refractivity contribution >= 4 is 5.84 Å². The van der Waals surface area contributed by atoms with E-state index in [1.807, 2.05) is 12.1 Å². The minimum absolute atomic E-state index is 0.665. The Morgan fingerprint density at radius 3 is 2.75 bits per heavy atom. The molecule has 1 heterocycles. The first-order valence-corrected chi connectivity index (χ1v) is 4.18. The Kier molecular flexibility index (Phi) is 1.61. The van der Waals surface area contributed by atoms with Crippen LogP contribution in [0.2, 0.25) is 0 Å². The Labute approximate surface area is 72.3 Å². The molecule has 62 valence electrons. The summed E-state index contributed by atoms with van der Waals surface area (Å²) < 4.78 is 0. The van der Waals surface area contributed by atoms with E-state index in [2.05, 4.69) is 24.0 Å². The van der Waals surface area contributed by atoms with Crippen LogP contribution in [0, 0.1) is 12.3 Å². The Hall–Kier alpha value is -1.31. The van der Waals surface area contributed by atoms with Gasteiger partial charge in [-0.2, -0.15) is 0 Å². The van der Waals surface area contributed by atoms with Gasteiger partial charge in [0.1, 0.15) is 5.84 Å². The molecule has 0 saturated carbocycles. The van der Waals surface area contributed by atoms with Crippen LogP contribution in [0.4, 0.5) is 0 Å². The molecule has 0 spiro atoms. The van der Waals surface area contributed by atoms with Crippen molar-refractivity contribution in [2.75, 3.05) is 13.1 Å². The zero-order chi connectivity index (χ0) is 8.55. The molecule has 12 heavy (non-hydrogen) atoms. The molecule has 1 aromatic carbocycles. The van der Waals surface area contributed by atoms with E-state index in [0.717, 1.165) is 18.7 Å². The molecule has 1 N–H and O–H groups in total. The predicted octanol–water partition coefficient (Wildman–Crippen LogP) is 1.64. The number of benzene rings is 1. The second-order valence-electron chi connectivity index (χ2n) is 3.21. The number of aryl methyl sites for hydroxylation is 1. The fraction of sp³-hybridized carbons (Fsp3) is 0.300. The maximum Gasteiger partial charge on any atom is 0.128 e. The molecular formula is C10H12N2. The highest BCUT2D eigenvalue weighted by molar-refractivity contribution is 5.97. The first-order chi connectivity index (χ1) is 5.77. The molecule has 1 aliphatic heterocycles. The quantitative estimate of drug-likeness (QED) is 0.377. The number of rotatable bonds is 1. The number of hydrogen-bond donors (Lipinski definition) is 1. The van der Waals surface area contributed by atoms with Crippen molar-refractivity contribution in [2.45, 2.75) is 6.92 Å². The minimum Gasteiger partial charge on any atom is -0.353 e. The van der Waals surface area contributed by atoms with Gasteiger partial charge in [0.05, 0.1) is 0 Å². The van der Waals surface area contributed by atoms with Gasteiger partial charge in [0.2, 0.25) is 0 Å². The molecule has 0 aliphatic carbocycles. The first kappa shape index (κ1) is 7.35. The van der Waals surface area contributed by atoms with Gasteiger partial charge in [-0.1, -0.05) is 23.8 Å². The summed E-state index contributed by atoms with van der Waals surface area (Å²) in [7, 11) is 0.